The Morgan fingerprint density at radius 1 is 0.594 bits per heavy atom. The summed E-state index contributed by atoms with van der Waals surface area (Å²) < 4.78 is 6.32. The van der Waals surface area contributed by atoms with Crippen molar-refractivity contribution in [3.63, 3.8) is 0 Å². The summed E-state index contributed by atoms with van der Waals surface area (Å²) >= 11 is 0. The molecule has 0 fully saturated rings. The number of rotatable bonds is 4. The molecule has 2 nitrogen and oxygen atoms in total. The molecular weight excluding hydrogens is 390 g/mol. The zero-order valence-electron chi connectivity index (χ0n) is 17.5. The first-order valence-electron chi connectivity index (χ1n) is 10.8. The molecule has 0 atom stereocenters. The number of benzene rings is 4. The molecule has 0 aliphatic rings. The van der Waals surface area contributed by atoms with E-state index in [0.717, 1.165) is 45.2 Å². The van der Waals surface area contributed by atoms with Gasteiger partial charge in [-0.1, -0.05) is 78.9 Å². The summed E-state index contributed by atoms with van der Waals surface area (Å²) in [4.78, 5) is 4.65. The molecule has 32 heavy (non-hydrogen) atoms. The normalized spacial score (nSPS) is 11.2. The minimum absolute atomic E-state index is 0.853. The molecule has 0 amide bonds. The summed E-state index contributed by atoms with van der Waals surface area (Å²) in [6.07, 6.45) is 2.73. The Labute approximate surface area is 186 Å². The average molecular weight is 412 g/mol. The monoisotopic (exact) mass is 411 g/mol. The summed E-state index contributed by atoms with van der Waals surface area (Å²) in [5.74, 6) is 0. The minimum Gasteiger partial charge on any atom is -0.456 e. The first-order chi connectivity index (χ1) is 15.8. The van der Waals surface area contributed by atoms with E-state index in [-0.39, 0.29) is 0 Å². The molecule has 2 aromatic heterocycles. The second kappa shape index (κ2) is 7.82. The summed E-state index contributed by atoms with van der Waals surface area (Å²) in [5.41, 5.74) is 8.76. The predicted molar refractivity (Wildman–Crippen MR) is 132 cm³/mol. The number of fused-ring (bicyclic) bond motifs is 3. The van der Waals surface area contributed by atoms with Crippen molar-refractivity contribution in [2.45, 2.75) is 6.42 Å². The molecule has 6 aromatic rings. The Kier molecular flexibility index (Phi) is 4.54. The highest BCUT2D eigenvalue weighted by molar-refractivity contribution is 6.07. The van der Waals surface area contributed by atoms with Crippen molar-refractivity contribution in [1.29, 1.82) is 0 Å². The van der Waals surface area contributed by atoms with E-state index in [1.165, 1.54) is 16.7 Å². The highest BCUT2D eigenvalue weighted by Gasteiger charge is 2.13. The van der Waals surface area contributed by atoms with Crippen LogP contribution in [0, 0.1) is 0 Å². The van der Waals surface area contributed by atoms with Crippen molar-refractivity contribution >= 4 is 21.9 Å². The Morgan fingerprint density at radius 3 is 2.25 bits per heavy atom. The summed E-state index contributed by atoms with van der Waals surface area (Å²) in [7, 11) is 0. The molecule has 0 spiro atoms. The van der Waals surface area contributed by atoms with Gasteiger partial charge in [-0.15, -0.1) is 0 Å². The van der Waals surface area contributed by atoms with Crippen molar-refractivity contribution in [3.05, 3.63) is 127 Å². The Hall–Kier alpha value is -4.17. The second-order valence-corrected chi connectivity index (χ2v) is 8.06. The van der Waals surface area contributed by atoms with Gasteiger partial charge in [-0.2, -0.15) is 0 Å². The number of hydrogen-bond donors (Lipinski definition) is 0. The molecule has 2 heteroatoms. The quantitative estimate of drug-likeness (QED) is 0.295. The molecule has 0 aliphatic heterocycles. The lowest BCUT2D eigenvalue weighted by molar-refractivity contribution is 0.664. The van der Waals surface area contributed by atoms with Gasteiger partial charge in [-0.05, 0) is 52.6 Å². The van der Waals surface area contributed by atoms with Gasteiger partial charge in [0.15, 0.2) is 0 Å². The van der Waals surface area contributed by atoms with Crippen LogP contribution in [0.4, 0.5) is 0 Å². The van der Waals surface area contributed by atoms with Gasteiger partial charge in [0.2, 0.25) is 0 Å². The number of pyridine rings is 1. The maximum atomic E-state index is 6.32. The van der Waals surface area contributed by atoms with Crippen LogP contribution in [0.5, 0.6) is 0 Å². The SMILES string of the molecule is c1ccc(Cc2cccc3c2oc2ccc(-c4cc(-c5ccccc5)ccn4)cc23)cc1. The topological polar surface area (TPSA) is 26.0 Å². The Balaban J connectivity index is 1.44. The van der Waals surface area contributed by atoms with Gasteiger partial charge in [-0.25, -0.2) is 0 Å². The maximum absolute atomic E-state index is 6.32. The molecule has 0 unspecified atom stereocenters. The fourth-order valence-corrected chi connectivity index (χ4v) is 4.37. The zero-order chi connectivity index (χ0) is 21.3. The maximum Gasteiger partial charge on any atom is 0.138 e. The summed E-state index contributed by atoms with van der Waals surface area (Å²) in [5, 5.41) is 2.27. The first-order valence-corrected chi connectivity index (χ1v) is 10.8. The average Bonchev–Trinajstić information content (AvgIpc) is 3.24. The van der Waals surface area contributed by atoms with E-state index in [9.17, 15) is 0 Å². The Bertz CT molecular complexity index is 1530. The van der Waals surface area contributed by atoms with Gasteiger partial charge in [0.1, 0.15) is 11.2 Å². The van der Waals surface area contributed by atoms with E-state index in [1.54, 1.807) is 0 Å². The van der Waals surface area contributed by atoms with Crippen LogP contribution in [0.25, 0.3) is 44.3 Å². The highest BCUT2D eigenvalue weighted by atomic mass is 16.3. The van der Waals surface area contributed by atoms with E-state index in [4.69, 9.17) is 4.42 Å². The van der Waals surface area contributed by atoms with Crippen molar-refractivity contribution in [2.75, 3.05) is 0 Å². The second-order valence-electron chi connectivity index (χ2n) is 8.06. The van der Waals surface area contributed by atoms with Crippen molar-refractivity contribution in [3.8, 4) is 22.4 Å². The molecule has 0 bridgehead atoms. The summed E-state index contributed by atoms with van der Waals surface area (Å²) in [6, 6.07) is 37.9. The van der Waals surface area contributed by atoms with Crippen molar-refractivity contribution < 1.29 is 4.42 Å². The lowest BCUT2D eigenvalue weighted by atomic mass is 10.0. The standard InChI is InChI=1S/C30H21NO/c1-3-8-21(9-4-1)18-25-12-7-13-26-27-19-24(14-15-29(27)32-30(25)26)28-20-23(16-17-31-28)22-10-5-2-6-11-22/h1-17,19-20H,18H2. The third kappa shape index (κ3) is 3.36. The highest BCUT2D eigenvalue weighted by Crippen LogP contribution is 2.35. The third-order valence-corrected chi connectivity index (χ3v) is 5.98. The lowest BCUT2D eigenvalue weighted by Crippen LogP contribution is -1.87. The molecule has 0 saturated heterocycles. The van der Waals surface area contributed by atoms with E-state index < -0.39 is 0 Å². The molecule has 152 valence electrons. The van der Waals surface area contributed by atoms with Crippen LogP contribution in [-0.4, -0.2) is 4.98 Å². The van der Waals surface area contributed by atoms with Gasteiger partial charge >= 0.3 is 0 Å². The smallest absolute Gasteiger partial charge is 0.138 e. The van der Waals surface area contributed by atoms with Crippen LogP contribution < -0.4 is 0 Å². The fourth-order valence-electron chi connectivity index (χ4n) is 4.37. The van der Waals surface area contributed by atoms with Crippen LogP contribution in [0.1, 0.15) is 11.1 Å². The largest absolute Gasteiger partial charge is 0.456 e. The minimum atomic E-state index is 0.853. The van der Waals surface area contributed by atoms with Crippen LogP contribution >= 0.6 is 0 Å². The summed E-state index contributed by atoms with van der Waals surface area (Å²) in [6.45, 7) is 0. The van der Waals surface area contributed by atoms with E-state index >= 15 is 0 Å². The van der Waals surface area contributed by atoms with Gasteiger partial charge < -0.3 is 4.42 Å². The van der Waals surface area contributed by atoms with E-state index in [1.807, 2.05) is 18.3 Å². The molecule has 6 rings (SSSR count). The van der Waals surface area contributed by atoms with Gasteiger partial charge in [-0.3, -0.25) is 4.98 Å². The van der Waals surface area contributed by atoms with Gasteiger partial charge in [0.25, 0.3) is 0 Å². The number of para-hydroxylation sites is 1. The lowest BCUT2D eigenvalue weighted by Gasteiger charge is -2.05. The molecular formula is C30H21NO. The first kappa shape index (κ1) is 18.6. The zero-order valence-corrected chi connectivity index (χ0v) is 17.5. The molecule has 2 heterocycles. The molecule has 0 N–H and O–H groups in total. The van der Waals surface area contributed by atoms with Crippen molar-refractivity contribution in [1.82, 2.24) is 4.98 Å². The van der Waals surface area contributed by atoms with Crippen LogP contribution in [-0.2, 0) is 6.42 Å². The van der Waals surface area contributed by atoms with Gasteiger partial charge in [0, 0.05) is 29.0 Å². The van der Waals surface area contributed by atoms with E-state index in [0.29, 0.717) is 0 Å². The Morgan fingerprint density at radius 2 is 1.41 bits per heavy atom. The van der Waals surface area contributed by atoms with Crippen molar-refractivity contribution in [2.24, 2.45) is 0 Å². The third-order valence-electron chi connectivity index (χ3n) is 5.98. The molecule has 0 aliphatic carbocycles. The molecule has 0 saturated carbocycles. The van der Waals surface area contributed by atoms with Gasteiger partial charge in [0.05, 0.1) is 5.69 Å². The number of aromatic nitrogens is 1. The number of hydrogen-bond acceptors (Lipinski definition) is 2. The fraction of sp³-hybridized carbons (Fsp3) is 0.0333. The number of nitrogens with zero attached hydrogens (tertiary/aromatic N) is 1. The van der Waals surface area contributed by atoms with Crippen LogP contribution in [0.15, 0.2) is 120 Å². The van der Waals surface area contributed by atoms with E-state index in [2.05, 4.69) is 102 Å². The predicted octanol–water partition coefficient (Wildman–Crippen LogP) is 7.91. The molecule has 4 aromatic carbocycles. The van der Waals surface area contributed by atoms with Crippen LogP contribution in [0.3, 0.4) is 0 Å². The van der Waals surface area contributed by atoms with Crippen LogP contribution in [0.2, 0.25) is 0 Å². The molecule has 0 radical (unpaired) electrons. The number of furan rings is 1.